The number of amides is 1. The van der Waals surface area contributed by atoms with Gasteiger partial charge in [-0.3, -0.25) is 9.78 Å². The van der Waals surface area contributed by atoms with E-state index in [0.717, 1.165) is 5.69 Å². The maximum absolute atomic E-state index is 12.5. The summed E-state index contributed by atoms with van der Waals surface area (Å²) in [6, 6.07) is 6.94. The Bertz CT molecular complexity index is 735. The second-order valence-electron chi connectivity index (χ2n) is 5.37. The summed E-state index contributed by atoms with van der Waals surface area (Å²) in [6.45, 7) is 4.04. The molecule has 1 aromatic carbocycles. The highest BCUT2D eigenvalue weighted by atomic mass is 35.5. The van der Waals surface area contributed by atoms with Crippen LogP contribution in [0.1, 0.15) is 24.3 Å². The maximum atomic E-state index is 12.5. The first kappa shape index (κ1) is 17.9. The first-order chi connectivity index (χ1) is 11.4. The highest BCUT2D eigenvalue weighted by Gasteiger charge is 2.15. The van der Waals surface area contributed by atoms with Gasteiger partial charge in [0.05, 0.1) is 24.9 Å². The van der Waals surface area contributed by atoms with Crippen molar-refractivity contribution in [3.05, 3.63) is 41.2 Å². The van der Waals surface area contributed by atoms with Crippen LogP contribution in [0.5, 0.6) is 11.5 Å². The molecule has 128 valence electrons. The zero-order chi connectivity index (χ0) is 17.7. The van der Waals surface area contributed by atoms with Gasteiger partial charge >= 0.3 is 0 Å². The molecule has 2 rings (SSSR count). The number of halogens is 1. The predicted molar refractivity (Wildman–Crippen MR) is 95.5 cm³/mol. The van der Waals surface area contributed by atoms with Crippen LogP contribution in [0.3, 0.4) is 0 Å². The Morgan fingerprint density at radius 3 is 2.50 bits per heavy atom. The number of rotatable bonds is 6. The van der Waals surface area contributed by atoms with Gasteiger partial charge in [0, 0.05) is 30.1 Å². The minimum absolute atomic E-state index is 0.254. The summed E-state index contributed by atoms with van der Waals surface area (Å²) in [7, 11) is 3.00. The van der Waals surface area contributed by atoms with E-state index in [1.54, 1.807) is 24.4 Å². The van der Waals surface area contributed by atoms with Crippen LogP contribution in [0.15, 0.2) is 30.5 Å². The molecule has 1 heterocycles. The number of hydrogen-bond donors (Lipinski definition) is 2. The summed E-state index contributed by atoms with van der Waals surface area (Å²) >= 11 is 6.06. The number of methoxy groups -OCH3 is 2. The monoisotopic (exact) mass is 349 g/mol. The van der Waals surface area contributed by atoms with Gasteiger partial charge in [-0.15, -0.1) is 0 Å². The molecular formula is C17H20ClN3O3. The lowest BCUT2D eigenvalue weighted by molar-refractivity contribution is 0.102. The number of benzene rings is 1. The quantitative estimate of drug-likeness (QED) is 0.829. The van der Waals surface area contributed by atoms with Crippen molar-refractivity contribution in [3.63, 3.8) is 0 Å². The van der Waals surface area contributed by atoms with Crippen molar-refractivity contribution in [1.29, 1.82) is 0 Å². The van der Waals surface area contributed by atoms with Crippen LogP contribution in [0.4, 0.5) is 11.4 Å². The fourth-order valence-electron chi connectivity index (χ4n) is 2.12. The van der Waals surface area contributed by atoms with Crippen molar-refractivity contribution < 1.29 is 14.3 Å². The highest BCUT2D eigenvalue weighted by Crippen LogP contribution is 2.36. The fraction of sp³-hybridized carbons (Fsp3) is 0.294. The Morgan fingerprint density at radius 2 is 1.88 bits per heavy atom. The minimum atomic E-state index is -0.356. The molecule has 6 nitrogen and oxygen atoms in total. The number of anilines is 2. The molecule has 0 saturated heterocycles. The summed E-state index contributed by atoms with van der Waals surface area (Å²) in [5.74, 6) is 0.520. The van der Waals surface area contributed by atoms with Gasteiger partial charge in [-0.2, -0.15) is 0 Å². The standard InChI is InChI=1S/C17H20ClN3O3/c1-10(2)20-11-5-6-19-14(7-11)17(22)21-13-9-15(23-3)12(18)8-16(13)24-4/h5-10H,1-4H3,(H,19,20)(H,21,22). The molecular weight excluding hydrogens is 330 g/mol. The topological polar surface area (TPSA) is 72.5 Å². The van der Waals surface area contributed by atoms with E-state index in [1.807, 2.05) is 19.9 Å². The maximum Gasteiger partial charge on any atom is 0.274 e. The van der Waals surface area contributed by atoms with E-state index in [9.17, 15) is 4.79 Å². The second-order valence-corrected chi connectivity index (χ2v) is 5.78. The van der Waals surface area contributed by atoms with E-state index in [1.165, 1.54) is 14.2 Å². The van der Waals surface area contributed by atoms with Crippen molar-refractivity contribution in [3.8, 4) is 11.5 Å². The zero-order valence-corrected chi connectivity index (χ0v) is 14.8. The lowest BCUT2D eigenvalue weighted by atomic mass is 10.2. The van der Waals surface area contributed by atoms with Gasteiger partial charge in [-0.05, 0) is 26.0 Å². The van der Waals surface area contributed by atoms with Crippen LogP contribution in [-0.4, -0.2) is 31.2 Å². The number of carbonyl (C=O) groups is 1. The molecule has 0 unspecified atom stereocenters. The van der Waals surface area contributed by atoms with Crippen molar-refractivity contribution in [2.75, 3.05) is 24.9 Å². The Balaban J connectivity index is 2.26. The van der Waals surface area contributed by atoms with Gasteiger partial charge in [0.1, 0.15) is 17.2 Å². The fourth-order valence-corrected chi connectivity index (χ4v) is 2.35. The molecule has 0 aliphatic carbocycles. The number of pyridine rings is 1. The van der Waals surface area contributed by atoms with Crippen molar-refractivity contribution in [2.24, 2.45) is 0 Å². The van der Waals surface area contributed by atoms with Crippen LogP contribution in [0.25, 0.3) is 0 Å². The van der Waals surface area contributed by atoms with Crippen molar-refractivity contribution in [2.45, 2.75) is 19.9 Å². The van der Waals surface area contributed by atoms with E-state index in [4.69, 9.17) is 21.1 Å². The molecule has 0 radical (unpaired) electrons. The van der Waals surface area contributed by atoms with Gasteiger partial charge < -0.3 is 20.1 Å². The van der Waals surface area contributed by atoms with Crippen LogP contribution in [0, 0.1) is 0 Å². The average Bonchev–Trinajstić information content (AvgIpc) is 2.55. The Hall–Kier alpha value is -2.47. The molecule has 0 spiro atoms. The van der Waals surface area contributed by atoms with Crippen LogP contribution in [-0.2, 0) is 0 Å². The summed E-state index contributed by atoms with van der Waals surface area (Å²) < 4.78 is 10.4. The summed E-state index contributed by atoms with van der Waals surface area (Å²) in [5, 5.41) is 6.39. The highest BCUT2D eigenvalue weighted by molar-refractivity contribution is 6.32. The number of ether oxygens (including phenoxy) is 2. The van der Waals surface area contributed by atoms with Gasteiger partial charge in [-0.25, -0.2) is 0 Å². The summed E-state index contributed by atoms with van der Waals surface area (Å²) in [5.41, 5.74) is 1.56. The molecule has 0 bridgehead atoms. The minimum Gasteiger partial charge on any atom is -0.495 e. The number of nitrogens with zero attached hydrogens (tertiary/aromatic N) is 1. The van der Waals surface area contributed by atoms with E-state index in [-0.39, 0.29) is 17.6 Å². The number of carbonyl (C=O) groups excluding carboxylic acids is 1. The smallest absolute Gasteiger partial charge is 0.274 e. The summed E-state index contributed by atoms with van der Waals surface area (Å²) in [6.07, 6.45) is 1.58. The number of aromatic nitrogens is 1. The normalized spacial score (nSPS) is 10.4. The first-order valence-electron chi connectivity index (χ1n) is 7.40. The number of hydrogen-bond acceptors (Lipinski definition) is 5. The molecule has 2 N–H and O–H groups in total. The van der Waals surface area contributed by atoms with Crippen LogP contribution in [0.2, 0.25) is 5.02 Å². The Morgan fingerprint density at radius 1 is 1.17 bits per heavy atom. The molecule has 1 amide bonds. The number of nitrogens with one attached hydrogen (secondary N) is 2. The molecule has 0 fully saturated rings. The third-order valence-corrected chi connectivity index (χ3v) is 3.47. The zero-order valence-electron chi connectivity index (χ0n) is 14.0. The van der Waals surface area contributed by atoms with E-state index < -0.39 is 0 Å². The van der Waals surface area contributed by atoms with Crippen LogP contribution >= 0.6 is 11.6 Å². The second kappa shape index (κ2) is 7.88. The van der Waals surface area contributed by atoms with Gasteiger partial charge in [0.2, 0.25) is 0 Å². The average molecular weight is 350 g/mol. The molecule has 0 saturated carbocycles. The van der Waals surface area contributed by atoms with E-state index in [0.29, 0.717) is 22.2 Å². The third-order valence-electron chi connectivity index (χ3n) is 3.17. The lowest BCUT2D eigenvalue weighted by Gasteiger charge is -2.14. The molecule has 24 heavy (non-hydrogen) atoms. The van der Waals surface area contributed by atoms with E-state index >= 15 is 0 Å². The summed E-state index contributed by atoms with van der Waals surface area (Å²) in [4.78, 5) is 16.6. The van der Waals surface area contributed by atoms with E-state index in [2.05, 4.69) is 15.6 Å². The largest absolute Gasteiger partial charge is 0.495 e. The van der Waals surface area contributed by atoms with Crippen molar-refractivity contribution >= 4 is 28.9 Å². The molecule has 7 heteroatoms. The van der Waals surface area contributed by atoms with Gasteiger partial charge in [0.15, 0.2) is 0 Å². The lowest BCUT2D eigenvalue weighted by Crippen LogP contribution is -2.16. The van der Waals surface area contributed by atoms with Gasteiger partial charge in [0.25, 0.3) is 5.91 Å². The predicted octanol–water partition coefficient (Wildman–Crippen LogP) is 3.82. The molecule has 0 aliphatic rings. The van der Waals surface area contributed by atoms with Crippen molar-refractivity contribution in [1.82, 2.24) is 4.98 Å². The third kappa shape index (κ3) is 4.29. The van der Waals surface area contributed by atoms with Gasteiger partial charge in [-0.1, -0.05) is 11.6 Å². The Labute approximate surface area is 146 Å². The molecule has 1 aromatic heterocycles. The molecule has 2 aromatic rings. The van der Waals surface area contributed by atoms with Crippen LogP contribution < -0.4 is 20.1 Å². The SMILES string of the molecule is COc1cc(NC(=O)c2cc(NC(C)C)ccn2)c(OC)cc1Cl. The molecule has 0 aliphatic heterocycles. The first-order valence-corrected chi connectivity index (χ1v) is 7.78. The Kier molecular flexibility index (Phi) is 5.87. The molecule has 0 atom stereocenters.